The number of carbonyl (C=O) groups excluding carboxylic acids is 1. The summed E-state index contributed by atoms with van der Waals surface area (Å²) >= 11 is 7.32. The number of thiazole rings is 1. The number of aromatic nitrogens is 1. The number of carbonyl (C=O) groups is 1. The molecule has 4 rings (SSSR count). The molecule has 0 spiro atoms. The molecule has 1 aliphatic rings. The fraction of sp³-hybridized carbons (Fsp3) is 0.333. The lowest BCUT2D eigenvalue weighted by molar-refractivity contribution is -0.121. The quantitative estimate of drug-likeness (QED) is 0.591. The van der Waals surface area contributed by atoms with E-state index in [-0.39, 0.29) is 4.90 Å². The minimum atomic E-state index is -3.80. The number of hydrogen-bond donors (Lipinski definition) is 0. The minimum absolute atomic E-state index is 0.131. The molecule has 1 aromatic heterocycles. The molecule has 0 aliphatic carbocycles. The van der Waals surface area contributed by atoms with Crippen molar-refractivity contribution in [3.63, 3.8) is 0 Å². The predicted molar refractivity (Wildman–Crippen MR) is 119 cm³/mol. The number of rotatable bonds is 4. The second-order valence-corrected chi connectivity index (χ2v) is 10.6. The van der Waals surface area contributed by atoms with E-state index in [1.54, 1.807) is 0 Å². The third kappa shape index (κ3) is 3.73. The van der Waals surface area contributed by atoms with Crippen molar-refractivity contribution >= 4 is 49.1 Å². The Kier molecular flexibility index (Phi) is 5.85. The first-order valence-corrected chi connectivity index (χ1v) is 12.4. The Morgan fingerprint density at radius 3 is 2.67 bits per heavy atom. The smallest absolute Gasteiger partial charge is 0.266 e. The Morgan fingerprint density at radius 2 is 1.97 bits per heavy atom. The van der Waals surface area contributed by atoms with E-state index in [0.717, 1.165) is 16.6 Å². The standard InChI is InChI=1S/C21H22ClN3O3S2/c1-3-14-6-4-8-18-19(14)24(2)21(29-18)23-20(26)17-7-5-13-25(17)30(27,28)16-11-9-15(22)10-12-16/h4,6,8-12,17H,3,5,7,13H2,1-2H3. The van der Waals surface area contributed by atoms with Crippen molar-refractivity contribution in [2.75, 3.05) is 6.54 Å². The van der Waals surface area contributed by atoms with Crippen molar-refractivity contribution in [3.05, 3.63) is 57.9 Å². The fourth-order valence-electron chi connectivity index (χ4n) is 3.86. The van der Waals surface area contributed by atoms with Crippen molar-refractivity contribution in [1.29, 1.82) is 0 Å². The molecule has 0 radical (unpaired) electrons. The molecule has 2 aromatic carbocycles. The lowest BCUT2D eigenvalue weighted by Crippen LogP contribution is -2.40. The fourth-order valence-corrected chi connectivity index (χ4v) is 6.71. The van der Waals surface area contributed by atoms with Crippen LogP contribution < -0.4 is 4.80 Å². The van der Waals surface area contributed by atoms with Crippen molar-refractivity contribution in [3.8, 4) is 0 Å². The highest BCUT2D eigenvalue weighted by Gasteiger charge is 2.39. The summed E-state index contributed by atoms with van der Waals surface area (Å²) in [6.07, 6.45) is 1.96. The zero-order chi connectivity index (χ0) is 21.5. The summed E-state index contributed by atoms with van der Waals surface area (Å²) in [7, 11) is -1.91. The maximum Gasteiger partial charge on any atom is 0.266 e. The van der Waals surface area contributed by atoms with E-state index < -0.39 is 22.0 Å². The van der Waals surface area contributed by atoms with E-state index in [2.05, 4.69) is 18.0 Å². The number of halogens is 1. The van der Waals surface area contributed by atoms with E-state index in [0.29, 0.717) is 29.2 Å². The van der Waals surface area contributed by atoms with E-state index >= 15 is 0 Å². The van der Waals surface area contributed by atoms with Crippen LogP contribution in [0.4, 0.5) is 0 Å². The molecule has 2 heterocycles. The van der Waals surface area contributed by atoms with Crippen LogP contribution in [0.25, 0.3) is 10.2 Å². The van der Waals surface area contributed by atoms with Crippen LogP contribution in [0.15, 0.2) is 52.4 Å². The molecule has 158 valence electrons. The first-order valence-electron chi connectivity index (χ1n) is 9.76. The predicted octanol–water partition coefficient (Wildman–Crippen LogP) is 3.74. The van der Waals surface area contributed by atoms with Gasteiger partial charge in [0.15, 0.2) is 4.80 Å². The van der Waals surface area contributed by atoms with Crippen LogP contribution in [-0.2, 0) is 28.3 Å². The Bertz CT molecular complexity index is 1280. The van der Waals surface area contributed by atoms with Crippen LogP contribution in [0.3, 0.4) is 0 Å². The van der Waals surface area contributed by atoms with Gasteiger partial charge in [-0.2, -0.15) is 9.30 Å². The normalized spacial score (nSPS) is 18.4. The van der Waals surface area contributed by atoms with Gasteiger partial charge in [0.2, 0.25) is 10.0 Å². The van der Waals surface area contributed by atoms with Gasteiger partial charge in [-0.3, -0.25) is 4.79 Å². The molecule has 6 nitrogen and oxygen atoms in total. The van der Waals surface area contributed by atoms with Gasteiger partial charge in [0.05, 0.1) is 15.1 Å². The molecule has 0 saturated carbocycles. The summed E-state index contributed by atoms with van der Waals surface area (Å²) < 4.78 is 30.4. The highest BCUT2D eigenvalue weighted by molar-refractivity contribution is 7.89. The SMILES string of the molecule is CCc1cccc2sc(=NC(=O)C3CCCN3S(=O)(=O)c3ccc(Cl)cc3)n(C)c12. The van der Waals surface area contributed by atoms with Crippen molar-refractivity contribution < 1.29 is 13.2 Å². The third-order valence-corrected chi connectivity index (χ3v) is 8.67. The highest BCUT2D eigenvalue weighted by atomic mass is 35.5. The molecular weight excluding hydrogens is 442 g/mol. The average Bonchev–Trinajstić information content (AvgIpc) is 3.34. The molecular formula is C21H22ClN3O3S2. The van der Waals surface area contributed by atoms with E-state index in [1.807, 2.05) is 23.7 Å². The van der Waals surface area contributed by atoms with Crippen LogP contribution in [-0.4, -0.2) is 35.8 Å². The molecule has 1 atom stereocenters. The molecule has 0 N–H and O–H groups in total. The minimum Gasteiger partial charge on any atom is -0.319 e. The van der Waals surface area contributed by atoms with Crippen molar-refractivity contribution in [1.82, 2.24) is 8.87 Å². The number of fused-ring (bicyclic) bond motifs is 1. The molecule has 1 aliphatic heterocycles. The van der Waals surface area contributed by atoms with Crippen LogP contribution in [0.2, 0.25) is 5.02 Å². The van der Waals surface area contributed by atoms with Gasteiger partial charge < -0.3 is 4.57 Å². The summed E-state index contributed by atoms with van der Waals surface area (Å²) in [5.74, 6) is -0.426. The number of benzene rings is 2. The lowest BCUT2D eigenvalue weighted by Gasteiger charge is -2.21. The number of amides is 1. The Morgan fingerprint density at radius 1 is 1.23 bits per heavy atom. The number of para-hydroxylation sites is 1. The highest BCUT2D eigenvalue weighted by Crippen LogP contribution is 2.28. The molecule has 9 heteroatoms. The van der Waals surface area contributed by atoms with Gasteiger partial charge in [-0.1, -0.05) is 42.0 Å². The number of nitrogens with zero attached hydrogens (tertiary/aromatic N) is 3. The van der Waals surface area contributed by atoms with Crippen LogP contribution >= 0.6 is 22.9 Å². The molecule has 1 saturated heterocycles. The molecule has 0 bridgehead atoms. The second kappa shape index (κ2) is 8.26. The number of sulfonamides is 1. The molecule has 3 aromatic rings. The second-order valence-electron chi connectivity index (χ2n) is 7.24. The van der Waals surface area contributed by atoms with Crippen molar-refractivity contribution in [2.45, 2.75) is 37.1 Å². The molecule has 1 amide bonds. The summed E-state index contributed by atoms with van der Waals surface area (Å²) in [6, 6.07) is 11.3. The summed E-state index contributed by atoms with van der Waals surface area (Å²) in [5.41, 5.74) is 2.25. The summed E-state index contributed by atoms with van der Waals surface area (Å²) in [4.78, 5) is 18.1. The van der Waals surface area contributed by atoms with E-state index in [4.69, 9.17) is 11.6 Å². The van der Waals surface area contributed by atoms with Crippen LogP contribution in [0.1, 0.15) is 25.3 Å². The van der Waals surface area contributed by atoms with E-state index in [1.165, 1.54) is 45.5 Å². The third-order valence-electron chi connectivity index (χ3n) is 5.40. The first-order chi connectivity index (χ1) is 14.3. The summed E-state index contributed by atoms with van der Waals surface area (Å²) in [6.45, 7) is 2.39. The molecule has 1 fully saturated rings. The first kappa shape index (κ1) is 21.2. The molecule has 30 heavy (non-hydrogen) atoms. The maximum atomic E-state index is 13.1. The maximum absolute atomic E-state index is 13.1. The molecule has 1 unspecified atom stereocenters. The number of aryl methyl sites for hydroxylation is 2. The Labute approximate surface area is 184 Å². The van der Waals surface area contributed by atoms with Gasteiger partial charge in [-0.05, 0) is 55.2 Å². The topological polar surface area (TPSA) is 71.7 Å². The van der Waals surface area contributed by atoms with Gasteiger partial charge in [-0.15, -0.1) is 0 Å². The van der Waals surface area contributed by atoms with Gasteiger partial charge >= 0.3 is 0 Å². The summed E-state index contributed by atoms with van der Waals surface area (Å²) in [5, 5.41) is 0.460. The lowest BCUT2D eigenvalue weighted by atomic mass is 10.1. The zero-order valence-corrected chi connectivity index (χ0v) is 19.1. The van der Waals surface area contributed by atoms with Gasteiger partial charge in [0, 0.05) is 18.6 Å². The van der Waals surface area contributed by atoms with Gasteiger partial charge in [0.1, 0.15) is 6.04 Å². The largest absolute Gasteiger partial charge is 0.319 e. The Balaban J connectivity index is 1.70. The van der Waals surface area contributed by atoms with Crippen LogP contribution in [0.5, 0.6) is 0 Å². The average molecular weight is 464 g/mol. The van der Waals surface area contributed by atoms with E-state index in [9.17, 15) is 13.2 Å². The van der Waals surface area contributed by atoms with Gasteiger partial charge in [-0.25, -0.2) is 8.42 Å². The number of hydrogen-bond acceptors (Lipinski definition) is 4. The zero-order valence-electron chi connectivity index (χ0n) is 16.7. The van der Waals surface area contributed by atoms with Gasteiger partial charge in [0.25, 0.3) is 5.91 Å². The van der Waals surface area contributed by atoms with Crippen molar-refractivity contribution in [2.24, 2.45) is 12.0 Å². The van der Waals surface area contributed by atoms with Crippen LogP contribution in [0, 0.1) is 0 Å². The Hall–Kier alpha value is -2.00. The monoisotopic (exact) mass is 463 g/mol.